The first-order valence-corrected chi connectivity index (χ1v) is 8.46. The third-order valence-corrected chi connectivity index (χ3v) is 4.20. The zero-order valence-electron chi connectivity index (χ0n) is 14.1. The number of hydrogen-bond donors (Lipinski definition) is 1. The maximum absolute atomic E-state index is 11.9. The van der Waals surface area contributed by atoms with E-state index in [1.54, 1.807) is 25.1 Å². The highest BCUT2D eigenvalue weighted by Gasteiger charge is 2.12. The van der Waals surface area contributed by atoms with Gasteiger partial charge in [-0.15, -0.1) is 0 Å². The van der Waals surface area contributed by atoms with Crippen LogP contribution in [0.25, 0.3) is 11.1 Å². The first-order valence-electron chi connectivity index (χ1n) is 8.08. The number of carbonyl (C=O) groups excluding carboxylic acids is 2. The molecule has 0 aliphatic heterocycles. The average molecular weight is 373 g/mol. The Morgan fingerprint density at radius 2 is 2.00 bits per heavy atom. The number of anilines is 1. The molecule has 6 nitrogen and oxygen atoms in total. The van der Waals surface area contributed by atoms with Gasteiger partial charge in [0.2, 0.25) is 0 Å². The number of ether oxygens (including phenoxy) is 1. The van der Waals surface area contributed by atoms with E-state index in [4.69, 9.17) is 20.8 Å². The van der Waals surface area contributed by atoms with Crippen LogP contribution in [0.1, 0.15) is 17.9 Å². The SMILES string of the molecule is Cc1c(Cl)cccc1NC(=O)COC(=O)CCc1nc2ccccc2o1. The molecule has 0 spiro atoms. The number of amides is 1. The largest absolute Gasteiger partial charge is 0.456 e. The molecule has 0 atom stereocenters. The van der Waals surface area contributed by atoms with Crippen LogP contribution in [0.3, 0.4) is 0 Å². The summed E-state index contributed by atoms with van der Waals surface area (Å²) in [6, 6.07) is 12.6. The summed E-state index contributed by atoms with van der Waals surface area (Å²) < 4.78 is 10.5. The van der Waals surface area contributed by atoms with Crippen LogP contribution in [0.4, 0.5) is 5.69 Å². The van der Waals surface area contributed by atoms with E-state index in [0.29, 0.717) is 28.6 Å². The molecular formula is C19H17ClN2O4. The molecule has 134 valence electrons. The van der Waals surface area contributed by atoms with Crippen LogP contribution in [0.2, 0.25) is 5.02 Å². The lowest BCUT2D eigenvalue weighted by molar-refractivity contribution is -0.147. The highest BCUT2D eigenvalue weighted by Crippen LogP contribution is 2.22. The van der Waals surface area contributed by atoms with E-state index < -0.39 is 11.9 Å². The lowest BCUT2D eigenvalue weighted by Gasteiger charge is -2.09. The second-order valence-corrected chi connectivity index (χ2v) is 6.10. The normalized spacial score (nSPS) is 10.7. The van der Waals surface area contributed by atoms with Crippen molar-refractivity contribution in [3.8, 4) is 0 Å². The number of hydrogen-bond acceptors (Lipinski definition) is 5. The molecule has 0 aliphatic carbocycles. The van der Waals surface area contributed by atoms with Crippen LogP contribution < -0.4 is 5.32 Å². The number of rotatable bonds is 6. The number of oxazole rings is 1. The third-order valence-electron chi connectivity index (χ3n) is 3.79. The molecule has 2 aromatic carbocycles. The van der Waals surface area contributed by atoms with Gasteiger partial charge in [-0.25, -0.2) is 4.98 Å². The number of halogens is 1. The van der Waals surface area contributed by atoms with Crippen LogP contribution in [-0.2, 0) is 20.7 Å². The minimum Gasteiger partial charge on any atom is -0.456 e. The molecule has 3 rings (SSSR count). The number of benzene rings is 2. The minimum absolute atomic E-state index is 0.0797. The Balaban J connectivity index is 1.46. The molecule has 0 radical (unpaired) electrons. The smallest absolute Gasteiger partial charge is 0.306 e. The highest BCUT2D eigenvalue weighted by atomic mass is 35.5. The van der Waals surface area contributed by atoms with E-state index in [-0.39, 0.29) is 13.0 Å². The summed E-state index contributed by atoms with van der Waals surface area (Å²) in [5.74, 6) is -0.460. The van der Waals surface area contributed by atoms with Gasteiger partial charge in [0, 0.05) is 17.1 Å². The zero-order chi connectivity index (χ0) is 18.5. The summed E-state index contributed by atoms with van der Waals surface area (Å²) in [5, 5.41) is 3.22. The third kappa shape index (κ3) is 4.40. The fourth-order valence-electron chi connectivity index (χ4n) is 2.38. The molecule has 0 unspecified atom stereocenters. The quantitative estimate of drug-likeness (QED) is 0.663. The lowest BCUT2D eigenvalue weighted by atomic mass is 10.2. The van der Waals surface area contributed by atoms with Crippen LogP contribution in [0, 0.1) is 6.92 Å². The van der Waals surface area contributed by atoms with Crippen molar-refractivity contribution in [1.29, 1.82) is 0 Å². The average Bonchev–Trinajstić information content (AvgIpc) is 3.05. The molecule has 0 saturated heterocycles. The van der Waals surface area contributed by atoms with Crippen molar-refractivity contribution in [2.24, 2.45) is 0 Å². The Hall–Kier alpha value is -2.86. The monoisotopic (exact) mass is 372 g/mol. The van der Waals surface area contributed by atoms with Gasteiger partial charge in [0.05, 0.1) is 6.42 Å². The van der Waals surface area contributed by atoms with Crippen molar-refractivity contribution >= 4 is 40.3 Å². The van der Waals surface area contributed by atoms with Crippen molar-refractivity contribution < 1.29 is 18.7 Å². The van der Waals surface area contributed by atoms with Crippen molar-refractivity contribution in [2.45, 2.75) is 19.8 Å². The van der Waals surface area contributed by atoms with Crippen molar-refractivity contribution in [1.82, 2.24) is 4.98 Å². The molecule has 1 heterocycles. The first-order chi connectivity index (χ1) is 12.5. The number of nitrogens with one attached hydrogen (secondary N) is 1. The van der Waals surface area contributed by atoms with Crippen LogP contribution in [-0.4, -0.2) is 23.5 Å². The van der Waals surface area contributed by atoms with Crippen LogP contribution in [0.15, 0.2) is 46.9 Å². The Labute approximate surface area is 155 Å². The summed E-state index contributed by atoms with van der Waals surface area (Å²) >= 11 is 6.00. The van der Waals surface area contributed by atoms with Gasteiger partial charge in [-0.2, -0.15) is 0 Å². The zero-order valence-corrected chi connectivity index (χ0v) is 14.9. The molecule has 3 aromatic rings. The van der Waals surface area contributed by atoms with E-state index in [1.165, 1.54) is 0 Å². The fourth-order valence-corrected chi connectivity index (χ4v) is 2.56. The van der Waals surface area contributed by atoms with Gasteiger partial charge in [-0.3, -0.25) is 9.59 Å². The summed E-state index contributed by atoms with van der Waals surface area (Å²) in [5.41, 5.74) is 2.76. The molecule has 0 aliphatic rings. The predicted octanol–water partition coefficient (Wildman–Crippen LogP) is 3.90. The van der Waals surface area contributed by atoms with Gasteiger partial charge < -0.3 is 14.5 Å². The Kier molecular flexibility index (Phi) is 5.53. The standard InChI is InChI=1S/C19H17ClN2O4/c1-12-13(20)5-4-7-14(12)21-17(23)11-25-19(24)10-9-18-22-15-6-2-3-8-16(15)26-18/h2-8H,9-11H2,1H3,(H,21,23). The van der Waals surface area contributed by atoms with Gasteiger partial charge in [0.25, 0.3) is 5.91 Å². The summed E-state index contributed by atoms with van der Waals surface area (Å²) in [6.07, 6.45) is 0.388. The van der Waals surface area contributed by atoms with E-state index in [1.807, 2.05) is 24.3 Å². The molecule has 1 amide bonds. The predicted molar refractivity (Wildman–Crippen MR) is 98.1 cm³/mol. The molecule has 0 fully saturated rings. The molecule has 7 heteroatoms. The number of aromatic nitrogens is 1. The number of nitrogens with zero attached hydrogens (tertiary/aromatic N) is 1. The van der Waals surface area contributed by atoms with Gasteiger partial charge >= 0.3 is 5.97 Å². The molecule has 26 heavy (non-hydrogen) atoms. The van der Waals surface area contributed by atoms with E-state index in [2.05, 4.69) is 10.3 Å². The summed E-state index contributed by atoms with van der Waals surface area (Å²) in [4.78, 5) is 28.0. The van der Waals surface area contributed by atoms with Crippen LogP contribution >= 0.6 is 11.6 Å². The topological polar surface area (TPSA) is 81.4 Å². The maximum Gasteiger partial charge on any atom is 0.306 e. The van der Waals surface area contributed by atoms with E-state index >= 15 is 0 Å². The molecule has 1 N–H and O–H groups in total. The number of aryl methyl sites for hydroxylation is 1. The Morgan fingerprint density at radius 3 is 2.81 bits per heavy atom. The molecular weight excluding hydrogens is 356 g/mol. The molecule has 0 saturated carbocycles. The minimum atomic E-state index is -0.495. The van der Waals surface area contributed by atoms with Gasteiger partial charge in [-0.1, -0.05) is 29.8 Å². The lowest BCUT2D eigenvalue weighted by Crippen LogP contribution is -2.21. The summed E-state index contributed by atoms with van der Waals surface area (Å²) in [7, 11) is 0. The summed E-state index contributed by atoms with van der Waals surface area (Å²) in [6.45, 7) is 1.43. The van der Waals surface area contributed by atoms with Crippen molar-refractivity contribution in [2.75, 3.05) is 11.9 Å². The van der Waals surface area contributed by atoms with Gasteiger partial charge in [-0.05, 0) is 36.8 Å². The van der Waals surface area contributed by atoms with E-state index in [0.717, 1.165) is 11.1 Å². The van der Waals surface area contributed by atoms with Gasteiger partial charge in [0.1, 0.15) is 5.52 Å². The van der Waals surface area contributed by atoms with Crippen molar-refractivity contribution in [3.63, 3.8) is 0 Å². The Bertz CT molecular complexity index is 919. The van der Waals surface area contributed by atoms with Crippen LogP contribution in [0.5, 0.6) is 0 Å². The second kappa shape index (κ2) is 8.01. The molecule has 0 bridgehead atoms. The number of fused-ring (bicyclic) bond motifs is 1. The number of para-hydroxylation sites is 2. The first kappa shape index (κ1) is 17.9. The number of esters is 1. The van der Waals surface area contributed by atoms with Crippen molar-refractivity contribution in [3.05, 3.63) is 58.9 Å². The fraction of sp³-hybridized carbons (Fsp3) is 0.211. The van der Waals surface area contributed by atoms with E-state index in [9.17, 15) is 9.59 Å². The second-order valence-electron chi connectivity index (χ2n) is 5.70. The maximum atomic E-state index is 11.9. The Morgan fingerprint density at radius 1 is 1.19 bits per heavy atom. The molecule has 1 aromatic heterocycles. The highest BCUT2D eigenvalue weighted by molar-refractivity contribution is 6.31. The number of carbonyl (C=O) groups is 2. The van der Waals surface area contributed by atoms with Gasteiger partial charge in [0.15, 0.2) is 18.1 Å².